The summed E-state index contributed by atoms with van der Waals surface area (Å²) in [6.45, 7) is 10.4. The third-order valence-corrected chi connectivity index (χ3v) is 29.7. The van der Waals surface area contributed by atoms with Gasteiger partial charge >= 0.3 is 24.3 Å². The Balaban J connectivity index is 0.000000148. The zero-order chi connectivity index (χ0) is 84.0. The van der Waals surface area contributed by atoms with Gasteiger partial charge in [0, 0.05) is 152 Å². The van der Waals surface area contributed by atoms with Crippen LogP contribution < -0.4 is 16.0 Å². The number of amides is 12. The Morgan fingerprint density at radius 1 is 0.442 bits per heavy atom. The first kappa shape index (κ1) is 85.6. The highest BCUT2D eigenvalue weighted by atomic mass is 32.2. The second-order valence-corrected chi connectivity index (χ2v) is 37.7. The average Bonchev–Trinajstić information content (AvgIpc) is 1.39. The van der Waals surface area contributed by atoms with Crippen LogP contribution in [0.15, 0.2) is 140 Å². The van der Waals surface area contributed by atoms with Crippen LogP contribution in [0.25, 0.3) is 0 Å². The number of fused-ring (bicyclic) bond motifs is 3. The van der Waals surface area contributed by atoms with Gasteiger partial charge in [0.1, 0.15) is 33.6 Å². The second kappa shape index (κ2) is 37.9. The number of carbonyl (C=O) groups excluding carboxylic acids is 9. The second-order valence-electron chi connectivity index (χ2n) is 33.8. The van der Waals surface area contributed by atoms with Crippen molar-refractivity contribution in [3.8, 4) is 0 Å². The molecular formula is C90H106F6N12O9S3. The zero-order valence-electron chi connectivity index (χ0n) is 67.6. The van der Waals surface area contributed by atoms with Gasteiger partial charge in [-0.3, -0.25) is 28.8 Å². The molecule has 0 radical (unpaired) electrons. The standard InChI is InChI=1S/C31H36F2N4O3S.C30H34F4N4O3S.C29H34N4O3S.H2/c32-22-10-11-24(25(33)16-22)30-37(18-20-6-2-1-3-7-20)29(39)27(41-30)17-28(38)35-14-12-23(13-15-35)36-19-21-8-4-5-9-26(21)34-31(36)40;1-18(2)9-14-37-27(40)25(42-28(37)22-15-20(30(32,33)34)7-8-23(22)31)16-26(39)36-12-10-21(11-13-36)38-17-19-5-3-4-6-24(19)35-29(38)41;34-26(18-25-27(35)33(19-20-10-11-20)28(37-25)22-7-2-1-3-8-22)31-15-13-23(14-16-31)32-17-12-21-6-4-5-9-24(21)30-29(32)36;/h4-5,8-11,16,20,23,27,30H,1-3,6-7,12-15,17-19H2,(H,34,40);3-8,15,18,21,25,28H,9-14,16-17H2,1-2H3,(H,35,41);1-9,20,23,25,28H,10-19H2,(H,30,36);1H. The van der Waals surface area contributed by atoms with Crippen molar-refractivity contribution in [2.75, 3.05) is 81.4 Å². The molecule has 120 heavy (non-hydrogen) atoms. The molecule has 30 heteroatoms. The Hall–Kier alpha value is -9.42. The van der Waals surface area contributed by atoms with E-state index in [0.29, 0.717) is 115 Å². The minimum atomic E-state index is -4.65. The summed E-state index contributed by atoms with van der Waals surface area (Å²) < 4.78 is 83.6. The van der Waals surface area contributed by atoms with E-state index >= 15 is 0 Å². The number of likely N-dealkylation sites (tertiary alicyclic amines) is 3. The van der Waals surface area contributed by atoms with E-state index in [9.17, 15) is 69.5 Å². The lowest BCUT2D eigenvalue weighted by Crippen LogP contribution is -2.51. The molecule has 8 fully saturated rings. The molecule has 6 aromatic rings. The van der Waals surface area contributed by atoms with Crippen molar-refractivity contribution in [1.29, 1.82) is 0 Å². The number of rotatable bonds is 19. The number of urea groups is 3. The highest BCUT2D eigenvalue weighted by molar-refractivity contribution is 8.01. The van der Waals surface area contributed by atoms with Crippen LogP contribution in [0.1, 0.15) is 179 Å². The number of thioether (sulfide) groups is 3. The first-order valence-electron chi connectivity index (χ1n) is 42.4. The van der Waals surface area contributed by atoms with Gasteiger partial charge in [-0.15, -0.1) is 35.3 Å². The summed E-state index contributed by atoms with van der Waals surface area (Å²) in [4.78, 5) is 135. The van der Waals surface area contributed by atoms with E-state index < -0.39 is 50.4 Å². The highest BCUT2D eigenvalue weighted by Gasteiger charge is 2.49. The number of nitrogens with zero attached hydrogens (tertiary/aromatic N) is 9. The minimum absolute atomic E-state index is 0. The third-order valence-electron chi connectivity index (χ3n) is 25.3. The van der Waals surface area contributed by atoms with E-state index in [2.05, 4.69) is 34.1 Å². The molecule has 6 aromatic carbocycles. The number of para-hydroxylation sites is 3. The summed E-state index contributed by atoms with van der Waals surface area (Å²) in [7, 11) is 0. The van der Waals surface area contributed by atoms with Crippen molar-refractivity contribution >= 4 is 106 Å². The van der Waals surface area contributed by atoms with Crippen molar-refractivity contribution in [2.24, 2.45) is 17.8 Å². The molecular weight excluding hydrogens is 1600 g/mol. The number of piperidine rings is 3. The lowest BCUT2D eigenvalue weighted by atomic mass is 9.88. The van der Waals surface area contributed by atoms with Crippen LogP contribution in [0.2, 0.25) is 0 Å². The molecule has 0 aromatic heterocycles. The van der Waals surface area contributed by atoms with Gasteiger partial charge in [0.2, 0.25) is 35.4 Å². The predicted octanol–water partition coefficient (Wildman–Crippen LogP) is 16.9. The number of nitrogens with one attached hydrogen (secondary N) is 3. The minimum Gasteiger partial charge on any atom is -0.342 e. The molecule has 17 rings (SSSR count). The molecule has 11 aliphatic rings. The van der Waals surface area contributed by atoms with Gasteiger partial charge in [-0.05, 0) is 160 Å². The van der Waals surface area contributed by atoms with Gasteiger partial charge < -0.3 is 60.0 Å². The maximum absolute atomic E-state index is 14.9. The Morgan fingerprint density at radius 3 is 1.35 bits per heavy atom. The number of alkyl halides is 3. The van der Waals surface area contributed by atoms with Gasteiger partial charge in [0.25, 0.3) is 0 Å². The van der Waals surface area contributed by atoms with Gasteiger partial charge in [-0.1, -0.05) is 124 Å². The molecule has 9 heterocycles. The molecule has 2 aliphatic carbocycles. The average molecular weight is 1710 g/mol. The molecule has 12 amide bonds. The summed E-state index contributed by atoms with van der Waals surface area (Å²) in [5.41, 5.74) is 6.04. The first-order valence-corrected chi connectivity index (χ1v) is 45.2. The maximum atomic E-state index is 14.9. The Kier molecular flexibility index (Phi) is 27.0. The topological polar surface area (TPSA) is 219 Å². The lowest BCUT2D eigenvalue weighted by Gasteiger charge is -2.40. The molecule has 640 valence electrons. The molecule has 0 bridgehead atoms. The van der Waals surface area contributed by atoms with Gasteiger partial charge in [-0.2, -0.15) is 13.2 Å². The number of carbonyl (C=O) groups is 9. The van der Waals surface area contributed by atoms with Crippen molar-refractivity contribution in [3.05, 3.63) is 196 Å². The van der Waals surface area contributed by atoms with E-state index in [4.69, 9.17) is 0 Å². The van der Waals surface area contributed by atoms with Gasteiger partial charge in [0.05, 0.1) is 21.3 Å². The van der Waals surface area contributed by atoms with Crippen LogP contribution in [0.5, 0.6) is 0 Å². The molecule has 3 N–H and O–H groups in total. The summed E-state index contributed by atoms with van der Waals surface area (Å²) in [6.07, 6.45) is 8.88. The Morgan fingerprint density at radius 2 is 0.867 bits per heavy atom. The van der Waals surface area contributed by atoms with Gasteiger partial charge in [-0.25, -0.2) is 27.6 Å². The quantitative estimate of drug-likeness (QED) is 0.0645. The third kappa shape index (κ3) is 20.0. The van der Waals surface area contributed by atoms with Gasteiger partial charge in [0.15, 0.2) is 0 Å². The molecule has 6 saturated heterocycles. The fourth-order valence-corrected chi connectivity index (χ4v) is 22.7. The smallest absolute Gasteiger partial charge is 0.342 e. The van der Waals surface area contributed by atoms with Crippen molar-refractivity contribution in [1.82, 2.24) is 44.1 Å². The number of anilines is 3. The molecule has 0 spiro atoms. The van der Waals surface area contributed by atoms with Crippen LogP contribution in [-0.2, 0) is 54.5 Å². The number of hydrogen-bond donors (Lipinski definition) is 3. The van der Waals surface area contributed by atoms with Crippen LogP contribution in [0.4, 0.5) is 57.8 Å². The Labute approximate surface area is 710 Å². The Bertz CT molecular complexity index is 4760. The number of benzene rings is 6. The van der Waals surface area contributed by atoms with Crippen molar-refractivity contribution in [2.45, 2.75) is 199 Å². The largest absolute Gasteiger partial charge is 0.416 e. The van der Waals surface area contributed by atoms with Crippen LogP contribution in [-0.4, -0.2) is 197 Å². The summed E-state index contributed by atoms with van der Waals surface area (Å²) in [6, 6.07) is 39.1. The van der Waals surface area contributed by atoms with Crippen LogP contribution >= 0.6 is 35.3 Å². The normalized spacial score (nSPS) is 23.4. The fourth-order valence-electron chi connectivity index (χ4n) is 18.3. The SMILES string of the molecule is CC(C)CCN1C(=O)C(CC(=O)N2CCC(N3Cc4ccccc4NC3=O)CC2)SC1c1cc(C(F)(F)F)ccc1F.O=C(CC1SC(c2ccc(F)cc2F)N(CC2CCCCC2)C1=O)N1CCC(N2Cc3ccccc3NC2=O)CC1.O=C(CC1SC(c2ccccc2)N(CC2CC2)C1=O)N1CCC(N2CCc3ccccc3NC2=O)CC1.[HH]. The van der Waals surface area contributed by atoms with E-state index in [1.807, 2.05) is 118 Å². The van der Waals surface area contributed by atoms with Crippen LogP contribution in [0, 0.1) is 35.2 Å². The number of halogens is 6. The van der Waals surface area contributed by atoms with E-state index in [1.54, 1.807) is 31.4 Å². The lowest BCUT2D eigenvalue weighted by molar-refractivity contribution is -0.138. The molecule has 2 saturated carbocycles. The predicted molar refractivity (Wildman–Crippen MR) is 453 cm³/mol. The van der Waals surface area contributed by atoms with Crippen molar-refractivity contribution < 1.29 is 70.9 Å². The van der Waals surface area contributed by atoms with Crippen molar-refractivity contribution in [3.63, 3.8) is 0 Å². The maximum Gasteiger partial charge on any atom is 0.416 e. The highest BCUT2D eigenvalue weighted by Crippen LogP contribution is 2.51. The zero-order valence-corrected chi connectivity index (χ0v) is 70.1. The molecule has 9 aliphatic heterocycles. The van der Waals surface area contributed by atoms with E-state index in [-0.39, 0.29) is 127 Å². The van der Waals surface area contributed by atoms with E-state index in [1.165, 1.54) is 48.1 Å². The monoisotopic (exact) mass is 1710 g/mol. The molecule has 6 atom stereocenters. The summed E-state index contributed by atoms with van der Waals surface area (Å²) in [5, 5.41) is 5.64. The summed E-state index contributed by atoms with van der Waals surface area (Å²) in [5.74, 6) is -1.64. The molecule has 6 unspecified atom stereocenters. The summed E-state index contributed by atoms with van der Waals surface area (Å²) >= 11 is 3.97. The molecule has 21 nitrogen and oxygen atoms in total. The van der Waals surface area contributed by atoms with E-state index in [0.717, 1.165) is 121 Å². The van der Waals surface area contributed by atoms with Crippen LogP contribution in [0.3, 0.4) is 0 Å². The first-order chi connectivity index (χ1) is 57.8. The fraction of sp³-hybridized carbons (Fsp3) is 0.500. The number of hydrogen-bond acceptors (Lipinski definition) is 12.